The second kappa shape index (κ2) is 6.98. The number of likely N-dealkylation sites (tertiary alicyclic amines) is 1. The van der Waals surface area contributed by atoms with Gasteiger partial charge in [-0.1, -0.05) is 6.07 Å². The van der Waals surface area contributed by atoms with Gasteiger partial charge < -0.3 is 15.1 Å². The van der Waals surface area contributed by atoms with Crippen LogP contribution in [0.2, 0.25) is 0 Å². The van der Waals surface area contributed by atoms with Crippen LogP contribution in [0, 0.1) is 5.92 Å². The molecule has 6 heteroatoms. The van der Waals surface area contributed by atoms with Crippen LogP contribution in [0.3, 0.4) is 0 Å². The van der Waals surface area contributed by atoms with Gasteiger partial charge in [0.25, 0.3) is 0 Å². The molecule has 0 unspecified atom stereocenters. The first-order chi connectivity index (χ1) is 11.1. The number of pyridine rings is 1. The van der Waals surface area contributed by atoms with Gasteiger partial charge in [-0.2, -0.15) is 0 Å². The number of aromatic nitrogens is 1. The fraction of sp³-hybridized carbons (Fsp3) is 0.588. The molecule has 0 aromatic carbocycles. The first-order valence-corrected chi connectivity index (χ1v) is 8.32. The first-order valence-electron chi connectivity index (χ1n) is 8.32. The highest BCUT2D eigenvalue weighted by molar-refractivity contribution is 5.79. The van der Waals surface area contributed by atoms with Gasteiger partial charge in [-0.15, -0.1) is 0 Å². The fourth-order valence-corrected chi connectivity index (χ4v) is 2.98. The number of carbonyl (C=O) groups excluding carboxylic acids is 2. The van der Waals surface area contributed by atoms with Gasteiger partial charge in [0.05, 0.1) is 0 Å². The molecular formula is C17H24N4O2. The molecule has 0 bridgehead atoms. The van der Waals surface area contributed by atoms with Gasteiger partial charge in [0.1, 0.15) is 0 Å². The van der Waals surface area contributed by atoms with Crippen molar-refractivity contribution in [2.75, 3.05) is 26.7 Å². The van der Waals surface area contributed by atoms with Crippen molar-refractivity contribution in [3.8, 4) is 0 Å². The monoisotopic (exact) mass is 316 g/mol. The number of hydrogen-bond donors (Lipinski definition) is 1. The number of rotatable bonds is 6. The molecule has 2 heterocycles. The SMILES string of the molecule is CN(CCc1ccccn1)C(=O)NC[C@H]1CC(=O)N(C2CC2)C1. The molecule has 1 saturated heterocycles. The Kier molecular flexibility index (Phi) is 4.79. The van der Waals surface area contributed by atoms with Gasteiger partial charge >= 0.3 is 6.03 Å². The number of carbonyl (C=O) groups is 2. The predicted octanol–water partition coefficient (Wildman–Crippen LogP) is 1.28. The van der Waals surface area contributed by atoms with Crippen LogP contribution in [0.25, 0.3) is 0 Å². The lowest BCUT2D eigenvalue weighted by Crippen LogP contribution is -2.41. The van der Waals surface area contributed by atoms with E-state index >= 15 is 0 Å². The van der Waals surface area contributed by atoms with E-state index in [9.17, 15) is 9.59 Å². The quantitative estimate of drug-likeness (QED) is 0.860. The van der Waals surface area contributed by atoms with E-state index in [-0.39, 0.29) is 17.9 Å². The van der Waals surface area contributed by atoms with Crippen molar-refractivity contribution >= 4 is 11.9 Å². The summed E-state index contributed by atoms with van der Waals surface area (Å²) in [6.45, 7) is 1.99. The van der Waals surface area contributed by atoms with Crippen molar-refractivity contribution in [3.63, 3.8) is 0 Å². The van der Waals surface area contributed by atoms with E-state index < -0.39 is 0 Å². The molecule has 1 atom stereocenters. The number of nitrogens with one attached hydrogen (secondary N) is 1. The summed E-state index contributed by atoms with van der Waals surface area (Å²) in [7, 11) is 1.79. The Morgan fingerprint density at radius 1 is 1.43 bits per heavy atom. The van der Waals surface area contributed by atoms with E-state index in [2.05, 4.69) is 10.3 Å². The Morgan fingerprint density at radius 2 is 2.26 bits per heavy atom. The van der Waals surface area contributed by atoms with Crippen LogP contribution in [0.1, 0.15) is 25.0 Å². The minimum Gasteiger partial charge on any atom is -0.339 e. The molecule has 2 aliphatic rings. The van der Waals surface area contributed by atoms with Crippen LogP contribution >= 0.6 is 0 Å². The summed E-state index contributed by atoms with van der Waals surface area (Å²) in [6.07, 6.45) is 5.34. The molecular weight excluding hydrogens is 292 g/mol. The van der Waals surface area contributed by atoms with E-state index in [1.165, 1.54) is 0 Å². The average molecular weight is 316 g/mol. The molecule has 1 aromatic heterocycles. The molecule has 0 radical (unpaired) electrons. The fourth-order valence-electron chi connectivity index (χ4n) is 2.98. The second-order valence-corrected chi connectivity index (χ2v) is 6.53. The largest absolute Gasteiger partial charge is 0.339 e. The van der Waals surface area contributed by atoms with Crippen LogP contribution in [0.5, 0.6) is 0 Å². The minimum atomic E-state index is -0.0850. The maximum atomic E-state index is 12.1. The van der Waals surface area contributed by atoms with Crippen molar-refractivity contribution in [2.24, 2.45) is 5.92 Å². The molecule has 23 heavy (non-hydrogen) atoms. The Balaban J connectivity index is 1.38. The summed E-state index contributed by atoms with van der Waals surface area (Å²) in [5, 5.41) is 2.95. The third kappa shape index (κ3) is 4.21. The zero-order valence-electron chi connectivity index (χ0n) is 13.6. The molecule has 1 aliphatic heterocycles. The highest BCUT2D eigenvalue weighted by Crippen LogP contribution is 2.32. The van der Waals surface area contributed by atoms with Crippen molar-refractivity contribution in [3.05, 3.63) is 30.1 Å². The summed E-state index contributed by atoms with van der Waals surface area (Å²) < 4.78 is 0. The molecule has 3 amide bonds. The highest BCUT2D eigenvalue weighted by Gasteiger charge is 2.39. The van der Waals surface area contributed by atoms with E-state index in [0.717, 1.165) is 31.5 Å². The minimum absolute atomic E-state index is 0.0850. The molecule has 6 nitrogen and oxygen atoms in total. The van der Waals surface area contributed by atoms with Crippen molar-refractivity contribution in [2.45, 2.75) is 31.7 Å². The number of amides is 3. The molecule has 0 spiro atoms. The van der Waals surface area contributed by atoms with E-state index in [1.54, 1.807) is 18.1 Å². The number of nitrogens with zero attached hydrogens (tertiary/aromatic N) is 3. The van der Waals surface area contributed by atoms with Gasteiger partial charge in [-0.05, 0) is 25.0 Å². The maximum Gasteiger partial charge on any atom is 0.317 e. The average Bonchev–Trinajstić information content (AvgIpc) is 3.34. The lowest BCUT2D eigenvalue weighted by atomic mass is 10.1. The van der Waals surface area contributed by atoms with Crippen LogP contribution in [-0.4, -0.2) is 59.4 Å². The molecule has 2 fully saturated rings. The Morgan fingerprint density at radius 3 is 2.96 bits per heavy atom. The van der Waals surface area contributed by atoms with Gasteiger partial charge in [-0.3, -0.25) is 9.78 Å². The van der Waals surface area contributed by atoms with Gasteiger partial charge in [-0.25, -0.2) is 4.79 Å². The van der Waals surface area contributed by atoms with E-state index in [1.807, 2.05) is 23.1 Å². The van der Waals surface area contributed by atoms with Gasteiger partial charge in [0.2, 0.25) is 5.91 Å². The molecule has 124 valence electrons. The zero-order valence-corrected chi connectivity index (χ0v) is 13.6. The molecule has 1 aliphatic carbocycles. The molecule has 1 aromatic rings. The lowest BCUT2D eigenvalue weighted by Gasteiger charge is -2.19. The second-order valence-electron chi connectivity index (χ2n) is 6.53. The third-order valence-corrected chi connectivity index (χ3v) is 4.54. The number of hydrogen-bond acceptors (Lipinski definition) is 3. The van der Waals surface area contributed by atoms with Gasteiger partial charge in [0.15, 0.2) is 0 Å². The van der Waals surface area contributed by atoms with Gasteiger partial charge in [0, 0.05) is 63.4 Å². The van der Waals surface area contributed by atoms with Crippen LogP contribution < -0.4 is 5.32 Å². The summed E-state index contributed by atoms with van der Waals surface area (Å²) in [4.78, 5) is 31.9. The lowest BCUT2D eigenvalue weighted by molar-refractivity contribution is -0.128. The Bertz CT molecular complexity index is 559. The standard InChI is InChI=1S/C17H24N4O2/c1-20(9-7-14-4-2-3-8-18-14)17(23)19-11-13-10-16(22)21(12-13)15-5-6-15/h2-4,8,13,15H,5-7,9-12H2,1H3,(H,19,23)/t13-/m1/s1. The molecule has 1 saturated carbocycles. The van der Waals surface area contributed by atoms with Crippen molar-refractivity contribution in [1.29, 1.82) is 0 Å². The van der Waals surface area contributed by atoms with Crippen molar-refractivity contribution < 1.29 is 9.59 Å². The summed E-state index contributed by atoms with van der Waals surface area (Å²) in [6, 6.07) is 6.18. The van der Waals surface area contributed by atoms with Crippen LogP contribution in [0.4, 0.5) is 4.79 Å². The number of likely N-dealkylation sites (N-methyl/N-ethyl adjacent to an activating group) is 1. The van der Waals surface area contributed by atoms with E-state index in [4.69, 9.17) is 0 Å². The Hall–Kier alpha value is -2.11. The van der Waals surface area contributed by atoms with E-state index in [0.29, 0.717) is 25.6 Å². The topological polar surface area (TPSA) is 65.5 Å². The van der Waals surface area contributed by atoms with Crippen LogP contribution in [-0.2, 0) is 11.2 Å². The molecule has 3 rings (SSSR count). The maximum absolute atomic E-state index is 12.1. The normalized spacial score (nSPS) is 20.7. The predicted molar refractivity (Wildman–Crippen MR) is 86.8 cm³/mol. The summed E-state index contributed by atoms with van der Waals surface area (Å²) >= 11 is 0. The number of urea groups is 1. The first kappa shape index (κ1) is 15.8. The summed E-state index contributed by atoms with van der Waals surface area (Å²) in [5.41, 5.74) is 0.980. The highest BCUT2D eigenvalue weighted by atomic mass is 16.2. The van der Waals surface area contributed by atoms with Crippen molar-refractivity contribution in [1.82, 2.24) is 20.1 Å². The smallest absolute Gasteiger partial charge is 0.317 e. The zero-order chi connectivity index (χ0) is 16.2. The summed E-state index contributed by atoms with van der Waals surface area (Å²) in [5.74, 6) is 0.492. The van der Waals surface area contributed by atoms with Crippen LogP contribution in [0.15, 0.2) is 24.4 Å². The third-order valence-electron chi connectivity index (χ3n) is 4.54. The molecule has 1 N–H and O–H groups in total. The Labute approximate surface area is 136 Å².